The van der Waals surface area contributed by atoms with Gasteiger partial charge in [-0.1, -0.05) is 50.3 Å². The number of ether oxygens (including phenoxy) is 2. The molecule has 1 N–H and O–H groups in total. The number of nitrogens with zero attached hydrogens (tertiary/aromatic N) is 1. The molecule has 176 valence electrons. The van der Waals surface area contributed by atoms with Gasteiger partial charge in [-0.15, -0.1) is 0 Å². The van der Waals surface area contributed by atoms with Gasteiger partial charge in [0.25, 0.3) is 5.91 Å². The molecule has 2 heterocycles. The number of benzene rings is 2. The number of fused-ring (bicyclic) bond motifs is 1. The average molecular weight is 462 g/mol. The predicted molar refractivity (Wildman–Crippen MR) is 128 cm³/mol. The Morgan fingerprint density at radius 1 is 1.24 bits per heavy atom. The van der Waals surface area contributed by atoms with Crippen molar-refractivity contribution >= 4 is 22.7 Å². The number of aliphatic hydroxyl groups is 1. The molecule has 1 aromatic heterocycles. The van der Waals surface area contributed by atoms with Gasteiger partial charge in [-0.3, -0.25) is 9.59 Å². The molecule has 3 aromatic rings. The average Bonchev–Trinajstić information content (AvgIpc) is 3.40. The second-order valence-electron chi connectivity index (χ2n) is 8.01. The number of aliphatic hydroxyl groups excluding tert-OH is 1. The molecule has 1 aliphatic heterocycles. The lowest BCUT2D eigenvalue weighted by atomic mass is 9.94. The second kappa shape index (κ2) is 9.87. The largest absolute Gasteiger partial charge is 0.503 e. The highest BCUT2D eigenvalue weighted by molar-refractivity contribution is 6.16. The molecule has 0 radical (unpaired) electrons. The number of furan rings is 1. The molecule has 1 atom stereocenters. The van der Waals surface area contributed by atoms with Crippen molar-refractivity contribution in [2.75, 3.05) is 20.3 Å². The van der Waals surface area contributed by atoms with E-state index in [0.717, 1.165) is 12.8 Å². The van der Waals surface area contributed by atoms with Gasteiger partial charge in [0.15, 0.2) is 22.9 Å². The summed E-state index contributed by atoms with van der Waals surface area (Å²) in [6.07, 6.45) is 3.22. The van der Waals surface area contributed by atoms with E-state index in [2.05, 4.69) is 6.58 Å². The maximum Gasteiger partial charge on any atom is 0.290 e. The summed E-state index contributed by atoms with van der Waals surface area (Å²) in [6, 6.07) is 13.3. The molecule has 7 nitrogen and oxygen atoms in total. The van der Waals surface area contributed by atoms with Gasteiger partial charge in [0.2, 0.25) is 5.78 Å². The first-order valence-corrected chi connectivity index (χ1v) is 11.2. The summed E-state index contributed by atoms with van der Waals surface area (Å²) < 4.78 is 16.8. The van der Waals surface area contributed by atoms with Crippen LogP contribution in [0.4, 0.5) is 0 Å². The van der Waals surface area contributed by atoms with Crippen molar-refractivity contribution in [1.29, 1.82) is 0 Å². The van der Waals surface area contributed by atoms with Crippen LogP contribution in [0.3, 0.4) is 0 Å². The van der Waals surface area contributed by atoms with Crippen molar-refractivity contribution in [3.05, 3.63) is 83.8 Å². The molecule has 1 aliphatic rings. The van der Waals surface area contributed by atoms with E-state index in [4.69, 9.17) is 13.9 Å². The van der Waals surface area contributed by atoms with Crippen LogP contribution in [0.25, 0.3) is 11.0 Å². The first-order chi connectivity index (χ1) is 16.5. The first kappa shape index (κ1) is 23.2. The Kier molecular flexibility index (Phi) is 6.72. The SMILES string of the molecule is C=CCOc1cccc(C2C(C(=O)c3cc4cccc(OC)c4o3)=C(O)C(=O)N2CCCC)c1. The van der Waals surface area contributed by atoms with Crippen LogP contribution in [0.1, 0.15) is 41.9 Å². The molecule has 1 amide bonds. The summed E-state index contributed by atoms with van der Waals surface area (Å²) in [5, 5.41) is 11.5. The number of amides is 1. The van der Waals surface area contributed by atoms with Crippen molar-refractivity contribution in [2.24, 2.45) is 0 Å². The molecule has 34 heavy (non-hydrogen) atoms. The van der Waals surface area contributed by atoms with Gasteiger partial charge in [0.1, 0.15) is 12.4 Å². The number of hydrogen-bond donors (Lipinski definition) is 1. The molecule has 2 aromatic carbocycles. The normalized spacial score (nSPS) is 15.8. The second-order valence-corrected chi connectivity index (χ2v) is 8.01. The lowest BCUT2D eigenvalue weighted by Crippen LogP contribution is -2.32. The van der Waals surface area contributed by atoms with Crippen LogP contribution in [-0.4, -0.2) is 42.0 Å². The minimum Gasteiger partial charge on any atom is -0.503 e. The number of Topliss-reactive ketones (excluding diaryl/α,β-unsaturated/α-hetero) is 1. The molecule has 0 saturated heterocycles. The third-order valence-corrected chi connectivity index (χ3v) is 5.79. The van der Waals surface area contributed by atoms with Gasteiger partial charge in [0.05, 0.1) is 18.7 Å². The Hall–Kier alpha value is -4.00. The number of carbonyl (C=O) groups excluding carboxylic acids is 2. The summed E-state index contributed by atoms with van der Waals surface area (Å²) >= 11 is 0. The van der Waals surface area contributed by atoms with Crippen LogP contribution >= 0.6 is 0 Å². The number of carbonyl (C=O) groups is 2. The first-order valence-electron chi connectivity index (χ1n) is 11.2. The Balaban J connectivity index is 1.79. The lowest BCUT2D eigenvalue weighted by molar-refractivity contribution is -0.129. The summed E-state index contributed by atoms with van der Waals surface area (Å²) in [5.41, 5.74) is 1.07. The molecule has 0 fully saturated rings. The van der Waals surface area contributed by atoms with Crippen LogP contribution in [0, 0.1) is 0 Å². The fourth-order valence-electron chi connectivity index (χ4n) is 4.16. The number of hydrogen-bond acceptors (Lipinski definition) is 6. The van der Waals surface area contributed by atoms with E-state index in [1.807, 2.05) is 13.0 Å². The van der Waals surface area contributed by atoms with Crippen molar-refractivity contribution < 1.29 is 28.6 Å². The Morgan fingerprint density at radius 2 is 2.03 bits per heavy atom. The minimum atomic E-state index is -0.770. The third kappa shape index (κ3) is 4.17. The number of ketones is 1. The van der Waals surface area contributed by atoms with Gasteiger partial charge < -0.3 is 23.9 Å². The minimum absolute atomic E-state index is 0.0139. The van der Waals surface area contributed by atoms with Crippen LogP contribution in [0.15, 0.2) is 76.9 Å². The zero-order chi connectivity index (χ0) is 24.2. The number of rotatable bonds is 10. The van der Waals surface area contributed by atoms with Gasteiger partial charge in [-0.25, -0.2) is 0 Å². The monoisotopic (exact) mass is 461 g/mol. The van der Waals surface area contributed by atoms with E-state index in [1.54, 1.807) is 48.5 Å². The van der Waals surface area contributed by atoms with E-state index in [1.165, 1.54) is 12.0 Å². The zero-order valence-electron chi connectivity index (χ0n) is 19.2. The fraction of sp³-hybridized carbons (Fsp3) is 0.259. The molecule has 4 rings (SSSR count). The molecular weight excluding hydrogens is 434 g/mol. The Labute approximate surface area is 197 Å². The maximum absolute atomic E-state index is 13.7. The van der Waals surface area contributed by atoms with Crippen LogP contribution in [0.5, 0.6) is 11.5 Å². The number of para-hydroxylation sites is 1. The molecule has 0 aliphatic carbocycles. The van der Waals surface area contributed by atoms with Crippen molar-refractivity contribution in [1.82, 2.24) is 4.90 Å². The highest BCUT2D eigenvalue weighted by atomic mass is 16.5. The standard InChI is InChI=1S/C27H27NO6/c1-4-6-13-28-23(17-9-7-11-19(15-17)33-14-5-2)22(25(30)27(28)31)24(29)21-16-18-10-8-12-20(32-3)26(18)34-21/h5,7-12,15-16,23,30H,2,4,6,13-14H2,1,3H3. The van der Waals surface area contributed by atoms with Gasteiger partial charge in [-0.05, 0) is 36.2 Å². The maximum atomic E-state index is 13.7. The Morgan fingerprint density at radius 3 is 2.76 bits per heavy atom. The van der Waals surface area contributed by atoms with E-state index in [-0.39, 0.29) is 11.3 Å². The number of methoxy groups -OCH3 is 1. The Bertz CT molecular complexity index is 1270. The zero-order valence-corrected chi connectivity index (χ0v) is 19.2. The fourth-order valence-corrected chi connectivity index (χ4v) is 4.16. The highest BCUT2D eigenvalue weighted by Crippen LogP contribution is 2.41. The number of unbranched alkanes of at least 4 members (excludes halogenated alkanes) is 1. The van der Waals surface area contributed by atoms with Crippen molar-refractivity contribution in [3.8, 4) is 11.5 Å². The van der Waals surface area contributed by atoms with E-state index in [9.17, 15) is 14.7 Å². The summed E-state index contributed by atoms with van der Waals surface area (Å²) in [5.74, 6) is -0.595. The van der Waals surface area contributed by atoms with Crippen LogP contribution < -0.4 is 9.47 Å². The predicted octanol–water partition coefficient (Wildman–Crippen LogP) is 5.38. The van der Waals surface area contributed by atoms with E-state index < -0.39 is 23.5 Å². The topological polar surface area (TPSA) is 89.2 Å². The molecule has 0 saturated carbocycles. The molecule has 1 unspecified atom stereocenters. The van der Waals surface area contributed by atoms with E-state index in [0.29, 0.717) is 41.2 Å². The summed E-state index contributed by atoms with van der Waals surface area (Å²) in [6.45, 7) is 6.39. The molecule has 0 bridgehead atoms. The lowest BCUT2D eigenvalue weighted by Gasteiger charge is -2.26. The highest BCUT2D eigenvalue weighted by Gasteiger charge is 2.44. The van der Waals surface area contributed by atoms with E-state index >= 15 is 0 Å². The molecule has 7 heteroatoms. The van der Waals surface area contributed by atoms with Gasteiger partial charge in [-0.2, -0.15) is 0 Å². The van der Waals surface area contributed by atoms with Crippen LogP contribution in [0.2, 0.25) is 0 Å². The van der Waals surface area contributed by atoms with Crippen LogP contribution in [-0.2, 0) is 4.79 Å². The molecular formula is C27H27NO6. The van der Waals surface area contributed by atoms with Crippen molar-refractivity contribution in [3.63, 3.8) is 0 Å². The smallest absolute Gasteiger partial charge is 0.290 e. The molecule has 0 spiro atoms. The quantitative estimate of drug-likeness (QED) is 0.322. The van der Waals surface area contributed by atoms with Gasteiger partial charge in [0, 0.05) is 11.9 Å². The third-order valence-electron chi connectivity index (χ3n) is 5.79. The van der Waals surface area contributed by atoms with Gasteiger partial charge >= 0.3 is 0 Å². The summed E-state index contributed by atoms with van der Waals surface area (Å²) in [7, 11) is 1.52. The summed E-state index contributed by atoms with van der Waals surface area (Å²) in [4.78, 5) is 28.2. The van der Waals surface area contributed by atoms with Crippen molar-refractivity contribution in [2.45, 2.75) is 25.8 Å².